The van der Waals surface area contributed by atoms with Crippen LogP contribution in [-0.4, -0.2) is 36.1 Å². The van der Waals surface area contributed by atoms with Gasteiger partial charge >= 0.3 is 5.97 Å². The molecule has 1 N–H and O–H groups in total. The first-order valence-corrected chi connectivity index (χ1v) is 4.98. The molecule has 1 aliphatic rings. The Morgan fingerprint density at radius 3 is 2.54 bits per heavy atom. The number of aliphatic carboxylic acids is 1. The molecule has 0 heterocycles. The van der Waals surface area contributed by atoms with Crippen LogP contribution < -0.4 is 0 Å². The van der Waals surface area contributed by atoms with Crippen LogP contribution in [0.5, 0.6) is 0 Å². The van der Waals surface area contributed by atoms with Gasteiger partial charge in [-0.05, 0) is 38.3 Å². The summed E-state index contributed by atoms with van der Waals surface area (Å²) in [4.78, 5) is 12.8. The predicted octanol–water partition coefficient (Wildman–Crippen LogP) is 1.58. The maximum atomic E-state index is 10.6. The van der Waals surface area contributed by atoms with Gasteiger partial charge in [0.2, 0.25) is 0 Å². The van der Waals surface area contributed by atoms with E-state index in [1.54, 1.807) is 0 Å². The molecule has 1 saturated carbocycles. The van der Waals surface area contributed by atoms with E-state index in [4.69, 9.17) is 5.11 Å². The summed E-state index contributed by atoms with van der Waals surface area (Å²) < 4.78 is 0. The lowest BCUT2D eigenvalue weighted by Gasteiger charge is -2.21. The van der Waals surface area contributed by atoms with Crippen molar-refractivity contribution in [2.45, 2.75) is 32.6 Å². The summed E-state index contributed by atoms with van der Waals surface area (Å²) in [6, 6.07) is 0. The summed E-state index contributed by atoms with van der Waals surface area (Å²) in [6.45, 7) is 4.17. The normalized spacial score (nSPS) is 19.0. The second-order valence-corrected chi connectivity index (χ2v) is 4.31. The Balaban J connectivity index is 2.30. The molecule has 0 radical (unpaired) electrons. The Kier molecular flexibility index (Phi) is 3.31. The highest BCUT2D eigenvalue weighted by Crippen LogP contribution is 2.49. The Labute approximate surface area is 79.7 Å². The molecule has 1 aliphatic carbocycles. The minimum absolute atomic E-state index is 0.121. The lowest BCUT2D eigenvalue weighted by Crippen LogP contribution is -2.28. The van der Waals surface area contributed by atoms with Crippen LogP contribution in [0, 0.1) is 5.41 Å². The smallest absolute Gasteiger partial charge is 0.303 e. The molecule has 76 valence electrons. The summed E-state index contributed by atoms with van der Waals surface area (Å²) in [6.07, 6.45) is 3.67. The first-order chi connectivity index (χ1) is 6.08. The highest BCUT2D eigenvalue weighted by atomic mass is 16.4. The highest BCUT2D eigenvalue weighted by molar-refractivity contribution is 5.68. The third-order valence-corrected chi connectivity index (χ3v) is 2.69. The molecule has 1 fully saturated rings. The molecule has 1 rings (SSSR count). The van der Waals surface area contributed by atoms with Crippen LogP contribution in [-0.2, 0) is 4.79 Å². The van der Waals surface area contributed by atoms with Crippen molar-refractivity contribution in [1.29, 1.82) is 0 Å². The van der Waals surface area contributed by atoms with Gasteiger partial charge in [-0.3, -0.25) is 4.79 Å². The van der Waals surface area contributed by atoms with Crippen LogP contribution >= 0.6 is 0 Å². The summed E-state index contributed by atoms with van der Waals surface area (Å²) in [7, 11) is 2.07. The van der Waals surface area contributed by atoms with Crippen LogP contribution in [0.25, 0.3) is 0 Å². The van der Waals surface area contributed by atoms with Crippen LogP contribution in [0.4, 0.5) is 0 Å². The number of carboxylic acids is 1. The van der Waals surface area contributed by atoms with Crippen molar-refractivity contribution < 1.29 is 9.90 Å². The maximum Gasteiger partial charge on any atom is 0.303 e. The number of hydrogen-bond donors (Lipinski definition) is 1. The Bertz CT molecular complexity index is 187. The van der Waals surface area contributed by atoms with E-state index in [0.29, 0.717) is 6.42 Å². The van der Waals surface area contributed by atoms with Gasteiger partial charge < -0.3 is 10.0 Å². The molecule has 0 spiro atoms. The standard InChI is InChI=1S/C10H19NO2/c1-3-6-11(2)8-10(4-5-10)7-9(12)13/h3-8H2,1-2H3,(H,12,13). The fourth-order valence-corrected chi connectivity index (χ4v) is 1.92. The van der Waals surface area contributed by atoms with E-state index in [0.717, 1.165) is 32.4 Å². The maximum absolute atomic E-state index is 10.6. The number of carbonyl (C=O) groups is 1. The SMILES string of the molecule is CCCN(C)CC1(CC(=O)O)CC1. The van der Waals surface area contributed by atoms with Crippen LogP contribution in [0.2, 0.25) is 0 Å². The highest BCUT2D eigenvalue weighted by Gasteiger charge is 2.44. The molecule has 0 aromatic heterocycles. The van der Waals surface area contributed by atoms with Crippen LogP contribution in [0.3, 0.4) is 0 Å². The Hall–Kier alpha value is -0.570. The zero-order chi connectivity index (χ0) is 9.90. The monoisotopic (exact) mass is 185 g/mol. The lowest BCUT2D eigenvalue weighted by atomic mass is 10.0. The van der Waals surface area contributed by atoms with Gasteiger partial charge in [0.1, 0.15) is 0 Å². The van der Waals surface area contributed by atoms with Gasteiger partial charge in [-0.2, -0.15) is 0 Å². The molecule has 0 aromatic carbocycles. The van der Waals surface area contributed by atoms with Crippen molar-refractivity contribution in [2.75, 3.05) is 20.1 Å². The molecule has 0 aliphatic heterocycles. The van der Waals surface area contributed by atoms with Crippen molar-refractivity contribution in [3.05, 3.63) is 0 Å². The van der Waals surface area contributed by atoms with E-state index in [-0.39, 0.29) is 5.41 Å². The van der Waals surface area contributed by atoms with Gasteiger partial charge in [-0.15, -0.1) is 0 Å². The molecular weight excluding hydrogens is 166 g/mol. The number of rotatable bonds is 6. The van der Waals surface area contributed by atoms with Gasteiger partial charge in [0.15, 0.2) is 0 Å². The van der Waals surface area contributed by atoms with E-state index in [1.807, 2.05) is 0 Å². The average Bonchev–Trinajstić information content (AvgIpc) is 2.67. The molecule has 0 saturated heterocycles. The number of nitrogens with zero attached hydrogens (tertiary/aromatic N) is 1. The van der Waals surface area contributed by atoms with Crippen molar-refractivity contribution in [2.24, 2.45) is 5.41 Å². The summed E-state index contributed by atoms with van der Waals surface area (Å²) in [5, 5.41) is 8.71. The third kappa shape index (κ3) is 3.35. The summed E-state index contributed by atoms with van der Waals surface area (Å²) in [5.41, 5.74) is 0.121. The molecule has 13 heavy (non-hydrogen) atoms. The Morgan fingerprint density at radius 1 is 1.54 bits per heavy atom. The first-order valence-electron chi connectivity index (χ1n) is 4.98. The quantitative estimate of drug-likeness (QED) is 0.683. The number of hydrogen-bond acceptors (Lipinski definition) is 2. The van der Waals surface area contributed by atoms with E-state index in [9.17, 15) is 4.79 Å². The molecule has 3 nitrogen and oxygen atoms in total. The van der Waals surface area contributed by atoms with E-state index in [2.05, 4.69) is 18.9 Å². The van der Waals surface area contributed by atoms with Gasteiger partial charge in [-0.25, -0.2) is 0 Å². The van der Waals surface area contributed by atoms with E-state index >= 15 is 0 Å². The van der Waals surface area contributed by atoms with Gasteiger partial charge in [0.25, 0.3) is 0 Å². The average molecular weight is 185 g/mol. The molecule has 0 aromatic rings. The van der Waals surface area contributed by atoms with Crippen molar-refractivity contribution in [3.8, 4) is 0 Å². The first kappa shape index (κ1) is 10.5. The van der Waals surface area contributed by atoms with E-state index in [1.165, 1.54) is 0 Å². The zero-order valence-corrected chi connectivity index (χ0v) is 8.55. The van der Waals surface area contributed by atoms with Crippen molar-refractivity contribution in [3.63, 3.8) is 0 Å². The molecular formula is C10H19NO2. The topological polar surface area (TPSA) is 40.5 Å². The number of carboxylic acid groups (broad SMARTS) is 1. The largest absolute Gasteiger partial charge is 0.481 e. The summed E-state index contributed by atoms with van der Waals surface area (Å²) in [5.74, 6) is -0.651. The van der Waals surface area contributed by atoms with E-state index < -0.39 is 5.97 Å². The fourth-order valence-electron chi connectivity index (χ4n) is 1.92. The van der Waals surface area contributed by atoms with Crippen molar-refractivity contribution >= 4 is 5.97 Å². The molecule has 0 atom stereocenters. The van der Waals surface area contributed by atoms with Crippen molar-refractivity contribution in [1.82, 2.24) is 4.90 Å². The third-order valence-electron chi connectivity index (χ3n) is 2.69. The Morgan fingerprint density at radius 2 is 2.15 bits per heavy atom. The minimum Gasteiger partial charge on any atom is -0.481 e. The van der Waals surface area contributed by atoms with Gasteiger partial charge in [0, 0.05) is 6.54 Å². The van der Waals surface area contributed by atoms with Gasteiger partial charge in [0.05, 0.1) is 6.42 Å². The van der Waals surface area contributed by atoms with Crippen LogP contribution in [0.15, 0.2) is 0 Å². The lowest BCUT2D eigenvalue weighted by molar-refractivity contribution is -0.138. The minimum atomic E-state index is -0.651. The second kappa shape index (κ2) is 4.09. The zero-order valence-electron chi connectivity index (χ0n) is 8.55. The summed E-state index contributed by atoms with van der Waals surface area (Å²) >= 11 is 0. The van der Waals surface area contributed by atoms with Crippen LogP contribution in [0.1, 0.15) is 32.6 Å². The molecule has 0 amide bonds. The molecule has 0 bridgehead atoms. The van der Waals surface area contributed by atoms with Gasteiger partial charge in [-0.1, -0.05) is 6.92 Å². The predicted molar refractivity (Wildman–Crippen MR) is 51.7 cm³/mol. The fraction of sp³-hybridized carbons (Fsp3) is 0.900. The second-order valence-electron chi connectivity index (χ2n) is 4.31. The molecule has 3 heteroatoms. The molecule has 0 unspecified atom stereocenters.